The normalized spacial score (nSPS) is 11.5. The Hall–Kier alpha value is -6.47. The molecule has 46 heavy (non-hydrogen) atoms. The molecule has 0 bridgehead atoms. The van der Waals surface area contributed by atoms with Gasteiger partial charge in [-0.05, 0) is 42.5 Å². The number of hydrogen-bond acceptors (Lipinski definition) is 7. The van der Waals surface area contributed by atoms with E-state index in [-0.39, 0.29) is 0 Å². The molecule has 0 aliphatic carbocycles. The quantitative estimate of drug-likeness (QED) is 0.190. The number of rotatable bonds is 4. The fourth-order valence-electron chi connectivity index (χ4n) is 5.90. The lowest BCUT2D eigenvalue weighted by molar-refractivity contribution is 1.16. The molecular weight excluding hydrogens is 566 g/mol. The van der Waals surface area contributed by atoms with Gasteiger partial charge in [0.1, 0.15) is 0 Å². The first-order chi connectivity index (χ1) is 22.8. The van der Waals surface area contributed by atoms with Crippen LogP contribution in [0.4, 0.5) is 0 Å². The molecule has 0 aliphatic rings. The van der Waals surface area contributed by atoms with Crippen molar-refractivity contribution in [3.05, 3.63) is 140 Å². The Labute approximate surface area is 263 Å². The predicted molar refractivity (Wildman–Crippen MR) is 183 cm³/mol. The average Bonchev–Trinajstić information content (AvgIpc) is 3.14. The molecule has 0 radical (unpaired) electrons. The smallest absolute Gasteiger partial charge is 0.160 e. The standard InChI is InChI=1S/C39H23N7/c1-2-20-40-30(7-1)24-8-14-29(15-9-24)39-45-33(31-18-16-27-12-10-25-5-3-21-41-35(25)37(27)43-31)23-34(46-39)32-19-17-28-13-11-26-6-4-22-42-36(26)38(28)44-32/h1-23H. The average molecular weight is 590 g/mol. The number of benzene rings is 3. The van der Waals surface area contributed by atoms with Crippen LogP contribution in [-0.2, 0) is 0 Å². The van der Waals surface area contributed by atoms with Crippen LogP contribution < -0.4 is 0 Å². The van der Waals surface area contributed by atoms with Crippen LogP contribution in [0.15, 0.2) is 140 Å². The summed E-state index contributed by atoms with van der Waals surface area (Å²) in [6.45, 7) is 0. The van der Waals surface area contributed by atoms with E-state index in [0.717, 1.165) is 71.8 Å². The second-order valence-corrected chi connectivity index (χ2v) is 11.1. The summed E-state index contributed by atoms with van der Waals surface area (Å²) in [7, 11) is 0. The van der Waals surface area contributed by atoms with E-state index in [9.17, 15) is 0 Å². The van der Waals surface area contributed by atoms with Crippen LogP contribution in [0.1, 0.15) is 0 Å². The van der Waals surface area contributed by atoms with Gasteiger partial charge < -0.3 is 0 Å². The highest BCUT2D eigenvalue weighted by Crippen LogP contribution is 2.31. The highest BCUT2D eigenvalue weighted by molar-refractivity contribution is 6.04. The van der Waals surface area contributed by atoms with Crippen molar-refractivity contribution < 1.29 is 0 Å². The van der Waals surface area contributed by atoms with Crippen LogP contribution in [0.2, 0.25) is 0 Å². The fourth-order valence-corrected chi connectivity index (χ4v) is 5.90. The summed E-state index contributed by atoms with van der Waals surface area (Å²) < 4.78 is 0. The molecule has 0 amide bonds. The third-order valence-corrected chi connectivity index (χ3v) is 8.22. The van der Waals surface area contributed by atoms with Crippen molar-refractivity contribution >= 4 is 43.6 Å². The number of aromatic nitrogens is 7. The summed E-state index contributed by atoms with van der Waals surface area (Å²) >= 11 is 0. The van der Waals surface area contributed by atoms with Gasteiger partial charge in [-0.15, -0.1) is 0 Å². The third kappa shape index (κ3) is 4.50. The number of pyridine rings is 5. The molecule has 6 aromatic heterocycles. The number of hydrogen-bond donors (Lipinski definition) is 0. The van der Waals surface area contributed by atoms with E-state index < -0.39 is 0 Å². The van der Waals surface area contributed by atoms with Gasteiger partial charge in [0.25, 0.3) is 0 Å². The molecule has 9 aromatic rings. The zero-order valence-electron chi connectivity index (χ0n) is 24.4. The molecule has 0 unspecified atom stereocenters. The van der Waals surface area contributed by atoms with Gasteiger partial charge in [-0.2, -0.15) is 0 Å². The Balaban J connectivity index is 1.24. The molecular formula is C39H23N7. The van der Waals surface area contributed by atoms with E-state index in [1.165, 1.54) is 0 Å². The van der Waals surface area contributed by atoms with Gasteiger partial charge in [0, 0.05) is 51.3 Å². The van der Waals surface area contributed by atoms with E-state index in [2.05, 4.69) is 63.5 Å². The van der Waals surface area contributed by atoms with Crippen molar-refractivity contribution in [1.29, 1.82) is 0 Å². The minimum atomic E-state index is 0.580. The third-order valence-electron chi connectivity index (χ3n) is 8.22. The highest BCUT2D eigenvalue weighted by atomic mass is 14.9. The Bertz CT molecular complexity index is 2450. The summed E-state index contributed by atoms with van der Waals surface area (Å²) in [5, 5.41) is 4.12. The molecule has 6 heterocycles. The molecule has 0 aliphatic heterocycles. The van der Waals surface area contributed by atoms with Crippen molar-refractivity contribution in [2.24, 2.45) is 0 Å². The number of fused-ring (bicyclic) bond motifs is 6. The van der Waals surface area contributed by atoms with Gasteiger partial charge in [-0.25, -0.2) is 19.9 Å². The van der Waals surface area contributed by atoms with Gasteiger partial charge in [0.15, 0.2) is 5.82 Å². The zero-order chi connectivity index (χ0) is 30.5. The molecule has 9 rings (SSSR count). The summed E-state index contributed by atoms with van der Waals surface area (Å²) in [5.74, 6) is 0.580. The molecule has 0 atom stereocenters. The van der Waals surface area contributed by atoms with Gasteiger partial charge in [-0.3, -0.25) is 15.0 Å². The van der Waals surface area contributed by atoms with Crippen LogP contribution in [0.3, 0.4) is 0 Å². The first kappa shape index (κ1) is 26.0. The molecule has 0 spiro atoms. The largest absolute Gasteiger partial charge is 0.256 e. The predicted octanol–water partition coefficient (Wildman–Crippen LogP) is 8.73. The van der Waals surface area contributed by atoms with Gasteiger partial charge in [0.05, 0.1) is 50.5 Å². The summed E-state index contributed by atoms with van der Waals surface area (Å²) in [4.78, 5) is 34.1. The highest BCUT2D eigenvalue weighted by Gasteiger charge is 2.15. The second kappa shape index (κ2) is 10.6. The minimum Gasteiger partial charge on any atom is -0.256 e. The Morgan fingerprint density at radius 2 is 0.804 bits per heavy atom. The van der Waals surface area contributed by atoms with Crippen LogP contribution >= 0.6 is 0 Å². The summed E-state index contributed by atoms with van der Waals surface area (Å²) in [6.07, 6.45) is 5.40. The SMILES string of the molecule is c1ccc(-c2ccc(-c3nc(-c4ccc5ccc6cccnc6c5n4)cc(-c4ccc5ccc6cccnc6c5n4)n3)cc2)nc1. The van der Waals surface area contributed by atoms with Crippen molar-refractivity contribution in [2.45, 2.75) is 0 Å². The summed E-state index contributed by atoms with van der Waals surface area (Å²) in [5.41, 5.74) is 9.04. The number of nitrogens with zero attached hydrogens (tertiary/aromatic N) is 7. The summed E-state index contributed by atoms with van der Waals surface area (Å²) in [6, 6.07) is 40.5. The lowest BCUT2D eigenvalue weighted by Gasteiger charge is -2.11. The van der Waals surface area contributed by atoms with E-state index in [1.807, 2.05) is 72.8 Å². The van der Waals surface area contributed by atoms with E-state index >= 15 is 0 Å². The Morgan fingerprint density at radius 3 is 1.35 bits per heavy atom. The maximum Gasteiger partial charge on any atom is 0.160 e. The molecule has 214 valence electrons. The Morgan fingerprint density at radius 1 is 0.304 bits per heavy atom. The first-order valence-electron chi connectivity index (χ1n) is 15.0. The van der Waals surface area contributed by atoms with E-state index in [0.29, 0.717) is 17.2 Å². The zero-order valence-corrected chi connectivity index (χ0v) is 24.4. The van der Waals surface area contributed by atoms with Crippen LogP contribution in [0.5, 0.6) is 0 Å². The minimum absolute atomic E-state index is 0.580. The monoisotopic (exact) mass is 589 g/mol. The van der Waals surface area contributed by atoms with Gasteiger partial charge in [-0.1, -0.05) is 78.9 Å². The Kier molecular flexibility index (Phi) is 5.99. The van der Waals surface area contributed by atoms with Crippen molar-refractivity contribution in [3.63, 3.8) is 0 Å². The molecule has 7 heteroatoms. The molecule has 0 fully saturated rings. The van der Waals surface area contributed by atoms with Crippen molar-refractivity contribution in [1.82, 2.24) is 34.9 Å². The molecule has 0 N–H and O–H groups in total. The first-order valence-corrected chi connectivity index (χ1v) is 15.0. The maximum atomic E-state index is 5.10. The van der Waals surface area contributed by atoms with Crippen LogP contribution in [-0.4, -0.2) is 34.9 Å². The second-order valence-electron chi connectivity index (χ2n) is 11.1. The van der Waals surface area contributed by atoms with E-state index in [1.54, 1.807) is 18.6 Å². The van der Waals surface area contributed by atoms with Crippen LogP contribution in [0.25, 0.3) is 89.0 Å². The lowest BCUT2D eigenvalue weighted by Crippen LogP contribution is -1.99. The molecule has 0 saturated carbocycles. The molecule has 0 saturated heterocycles. The van der Waals surface area contributed by atoms with Gasteiger partial charge in [0.2, 0.25) is 0 Å². The topological polar surface area (TPSA) is 90.2 Å². The maximum absolute atomic E-state index is 5.10. The van der Waals surface area contributed by atoms with E-state index in [4.69, 9.17) is 19.9 Å². The van der Waals surface area contributed by atoms with Crippen molar-refractivity contribution in [3.8, 4) is 45.4 Å². The molecule has 3 aromatic carbocycles. The molecule has 7 nitrogen and oxygen atoms in total. The van der Waals surface area contributed by atoms with Crippen molar-refractivity contribution in [2.75, 3.05) is 0 Å². The fraction of sp³-hybridized carbons (Fsp3) is 0. The van der Waals surface area contributed by atoms with Gasteiger partial charge >= 0.3 is 0 Å². The lowest BCUT2D eigenvalue weighted by atomic mass is 10.1. The van der Waals surface area contributed by atoms with Crippen LogP contribution in [0, 0.1) is 0 Å².